The van der Waals surface area contributed by atoms with E-state index in [2.05, 4.69) is 4.74 Å². The first-order valence-electron chi connectivity index (χ1n) is 6.53. The van der Waals surface area contributed by atoms with E-state index in [0.717, 1.165) is 0 Å². The summed E-state index contributed by atoms with van der Waals surface area (Å²) in [5.74, 6) is -0.247. The Morgan fingerprint density at radius 3 is 2.71 bits per heavy atom. The van der Waals surface area contributed by atoms with Crippen LogP contribution in [0, 0.1) is 17.0 Å². The van der Waals surface area contributed by atoms with E-state index in [9.17, 15) is 14.9 Å². The van der Waals surface area contributed by atoms with Gasteiger partial charge in [-0.25, -0.2) is 0 Å². The smallest absolute Gasteiger partial charge is 0.325 e. The Morgan fingerprint density at radius 2 is 2.14 bits per heavy atom. The molecule has 116 valence electrons. The number of esters is 1. The van der Waals surface area contributed by atoms with E-state index in [0.29, 0.717) is 18.4 Å². The molecule has 0 fully saturated rings. The molecule has 1 unspecified atom stereocenters. The zero-order valence-corrected chi connectivity index (χ0v) is 12.4. The fourth-order valence-electron chi connectivity index (χ4n) is 1.92. The summed E-state index contributed by atoms with van der Waals surface area (Å²) in [5, 5.41) is 10.9. The predicted octanol–water partition coefficient (Wildman–Crippen LogP) is 1.95. The van der Waals surface area contributed by atoms with E-state index in [4.69, 9.17) is 10.5 Å². The third-order valence-corrected chi connectivity index (χ3v) is 3.13. The van der Waals surface area contributed by atoms with Crippen molar-refractivity contribution >= 4 is 11.7 Å². The van der Waals surface area contributed by atoms with Crippen molar-refractivity contribution in [3.63, 3.8) is 0 Å². The average Bonchev–Trinajstić information content (AvgIpc) is 2.43. The lowest BCUT2D eigenvalue weighted by molar-refractivity contribution is -0.385. The van der Waals surface area contributed by atoms with Crippen molar-refractivity contribution in [1.29, 1.82) is 0 Å². The Morgan fingerprint density at radius 1 is 1.48 bits per heavy atom. The Hall–Kier alpha value is -2.15. The molecule has 21 heavy (non-hydrogen) atoms. The molecule has 0 amide bonds. The van der Waals surface area contributed by atoms with Gasteiger partial charge < -0.3 is 15.2 Å². The molecule has 7 nitrogen and oxygen atoms in total. The first-order chi connectivity index (χ1) is 9.79. The molecule has 0 radical (unpaired) electrons. The van der Waals surface area contributed by atoms with E-state index in [1.807, 2.05) is 0 Å². The number of nitrogens with zero attached hydrogens (tertiary/aromatic N) is 1. The molecule has 0 heterocycles. The van der Waals surface area contributed by atoms with Gasteiger partial charge in [0.15, 0.2) is 5.75 Å². The van der Waals surface area contributed by atoms with Gasteiger partial charge in [0.25, 0.3) is 0 Å². The number of carbonyl (C=O) groups excluding carboxylic acids is 1. The number of nitrogens with two attached hydrogens (primary N) is 1. The standard InChI is InChI=1S/C14H20N2O5/c1-10-6-4-7-11(16(18)19)12(10)21-9-5-8-14(2,15)13(17)20-3/h4,6-7H,5,8-9,15H2,1-3H3. The molecule has 1 aromatic carbocycles. The number of aryl methyl sites for hydroxylation is 1. The molecular formula is C14H20N2O5. The number of carbonyl (C=O) groups is 1. The van der Waals surface area contributed by atoms with Crippen molar-refractivity contribution < 1.29 is 19.2 Å². The SMILES string of the molecule is COC(=O)C(C)(N)CCCOc1c(C)cccc1[N+](=O)[O-]. The quantitative estimate of drug-likeness (QED) is 0.357. The number of hydrogen-bond donors (Lipinski definition) is 1. The highest BCUT2D eigenvalue weighted by molar-refractivity contribution is 5.79. The van der Waals surface area contributed by atoms with Crippen molar-refractivity contribution in [2.75, 3.05) is 13.7 Å². The molecule has 1 rings (SSSR count). The molecular weight excluding hydrogens is 276 g/mol. The van der Waals surface area contributed by atoms with Gasteiger partial charge >= 0.3 is 11.7 Å². The largest absolute Gasteiger partial charge is 0.487 e. The van der Waals surface area contributed by atoms with Crippen LogP contribution >= 0.6 is 0 Å². The third-order valence-electron chi connectivity index (χ3n) is 3.13. The molecule has 0 aromatic heterocycles. The van der Waals surface area contributed by atoms with Crippen molar-refractivity contribution in [3.8, 4) is 5.75 Å². The monoisotopic (exact) mass is 296 g/mol. The number of ether oxygens (including phenoxy) is 2. The van der Waals surface area contributed by atoms with Crippen LogP contribution in [0.1, 0.15) is 25.3 Å². The van der Waals surface area contributed by atoms with Gasteiger partial charge in [0.05, 0.1) is 18.6 Å². The van der Waals surface area contributed by atoms with E-state index in [1.165, 1.54) is 13.2 Å². The third kappa shape index (κ3) is 4.42. The Bertz CT molecular complexity index is 528. The van der Waals surface area contributed by atoms with Crippen LogP contribution in [0.15, 0.2) is 18.2 Å². The lowest BCUT2D eigenvalue weighted by atomic mass is 9.98. The summed E-state index contributed by atoms with van der Waals surface area (Å²) >= 11 is 0. The van der Waals surface area contributed by atoms with Crippen LogP contribution in [-0.2, 0) is 9.53 Å². The minimum atomic E-state index is -1.09. The molecule has 0 aliphatic heterocycles. The molecule has 0 saturated heterocycles. The lowest BCUT2D eigenvalue weighted by Crippen LogP contribution is -2.45. The molecule has 1 atom stereocenters. The molecule has 7 heteroatoms. The maximum absolute atomic E-state index is 11.4. The maximum atomic E-state index is 11.4. The van der Waals surface area contributed by atoms with Gasteiger partial charge in [0.1, 0.15) is 5.54 Å². The highest BCUT2D eigenvalue weighted by Gasteiger charge is 2.28. The number of methoxy groups -OCH3 is 1. The summed E-state index contributed by atoms with van der Waals surface area (Å²) in [7, 11) is 1.28. The minimum absolute atomic E-state index is 0.0709. The number of para-hydroxylation sites is 1. The summed E-state index contributed by atoms with van der Waals surface area (Å²) < 4.78 is 10.1. The second-order valence-electron chi connectivity index (χ2n) is 5.04. The highest BCUT2D eigenvalue weighted by atomic mass is 16.6. The average molecular weight is 296 g/mol. The summed E-state index contributed by atoms with van der Waals surface area (Å²) in [6, 6.07) is 4.74. The van der Waals surface area contributed by atoms with Gasteiger partial charge in [-0.05, 0) is 32.3 Å². The number of nitro groups is 1. The normalized spacial score (nSPS) is 13.3. The van der Waals surface area contributed by atoms with Crippen molar-refractivity contribution in [1.82, 2.24) is 0 Å². The van der Waals surface area contributed by atoms with E-state index >= 15 is 0 Å². The van der Waals surface area contributed by atoms with Gasteiger partial charge in [-0.2, -0.15) is 0 Å². The van der Waals surface area contributed by atoms with Crippen LogP contribution in [0.25, 0.3) is 0 Å². The molecule has 0 aliphatic rings. The zero-order chi connectivity index (χ0) is 16.0. The molecule has 0 saturated carbocycles. The number of nitro benzene ring substituents is 1. The second kappa shape index (κ2) is 7.03. The first kappa shape index (κ1) is 16.9. The molecule has 2 N–H and O–H groups in total. The highest BCUT2D eigenvalue weighted by Crippen LogP contribution is 2.30. The van der Waals surface area contributed by atoms with Crippen LogP contribution in [0.4, 0.5) is 5.69 Å². The fraction of sp³-hybridized carbons (Fsp3) is 0.500. The molecule has 1 aromatic rings. The van der Waals surface area contributed by atoms with Crippen LogP contribution in [0.2, 0.25) is 0 Å². The summed E-state index contributed by atoms with van der Waals surface area (Å²) in [6.45, 7) is 3.55. The van der Waals surface area contributed by atoms with Crippen molar-refractivity contribution in [3.05, 3.63) is 33.9 Å². The molecule has 0 bridgehead atoms. The fourth-order valence-corrected chi connectivity index (χ4v) is 1.92. The number of benzene rings is 1. The summed E-state index contributed by atoms with van der Waals surface area (Å²) in [4.78, 5) is 21.9. The van der Waals surface area contributed by atoms with E-state index in [1.54, 1.807) is 26.0 Å². The minimum Gasteiger partial charge on any atom is -0.487 e. The van der Waals surface area contributed by atoms with Crippen LogP contribution in [0.3, 0.4) is 0 Å². The van der Waals surface area contributed by atoms with Crippen molar-refractivity contribution in [2.24, 2.45) is 5.73 Å². The summed E-state index contributed by atoms with van der Waals surface area (Å²) in [6.07, 6.45) is 0.840. The van der Waals surface area contributed by atoms with Gasteiger partial charge in [-0.1, -0.05) is 12.1 Å². The first-order valence-corrected chi connectivity index (χ1v) is 6.53. The van der Waals surface area contributed by atoms with Gasteiger partial charge in [0.2, 0.25) is 0 Å². The van der Waals surface area contributed by atoms with E-state index < -0.39 is 16.4 Å². The van der Waals surface area contributed by atoms with Crippen LogP contribution in [-0.4, -0.2) is 30.1 Å². The van der Waals surface area contributed by atoms with Crippen molar-refractivity contribution in [2.45, 2.75) is 32.2 Å². The topological polar surface area (TPSA) is 105 Å². The Labute approximate surface area is 123 Å². The Kier molecular flexibility index (Phi) is 5.66. The van der Waals surface area contributed by atoms with Gasteiger partial charge in [-0.15, -0.1) is 0 Å². The second-order valence-corrected chi connectivity index (χ2v) is 5.04. The number of rotatable bonds is 7. The maximum Gasteiger partial charge on any atom is 0.325 e. The lowest BCUT2D eigenvalue weighted by Gasteiger charge is -2.21. The molecule has 0 spiro atoms. The summed E-state index contributed by atoms with van der Waals surface area (Å²) in [5.41, 5.74) is 5.35. The number of hydrogen-bond acceptors (Lipinski definition) is 6. The van der Waals surface area contributed by atoms with Crippen LogP contribution < -0.4 is 10.5 Å². The Balaban J connectivity index is 2.62. The van der Waals surface area contributed by atoms with E-state index in [-0.39, 0.29) is 18.0 Å². The molecule has 0 aliphatic carbocycles. The van der Waals surface area contributed by atoms with Gasteiger partial charge in [0, 0.05) is 6.07 Å². The predicted molar refractivity (Wildman–Crippen MR) is 77.2 cm³/mol. The zero-order valence-electron chi connectivity index (χ0n) is 12.4. The van der Waals surface area contributed by atoms with Crippen LogP contribution in [0.5, 0.6) is 5.75 Å². The van der Waals surface area contributed by atoms with Gasteiger partial charge in [-0.3, -0.25) is 14.9 Å².